The highest BCUT2D eigenvalue weighted by Gasteiger charge is 2.28. The first kappa shape index (κ1) is 35.0. The molecule has 0 aliphatic carbocycles. The summed E-state index contributed by atoms with van der Waals surface area (Å²) in [7, 11) is 0. The van der Waals surface area contributed by atoms with Gasteiger partial charge in [0.15, 0.2) is 0 Å². The highest BCUT2D eigenvalue weighted by Crippen LogP contribution is 2.28. The summed E-state index contributed by atoms with van der Waals surface area (Å²) in [5, 5.41) is 5.75. The fourth-order valence-electron chi connectivity index (χ4n) is 6.66. The Hall–Kier alpha value is -4.28. The lowest BCUT2D eigenvalue weighted by Gasteiger charge is -2.33. The molecule has 0 radical (unpaired) electrons. The number of ether oxygens (including phenoxy) is 1. The van der Waals surface area contributed by atoms with Crippen LogP contribution in [-0.2, 0) is 16.1 Å². The topological polar surface area (TPSA) is 94.2 Å². The number of carbonyl (C=O) groups is 3. The van der Waals surface area contributed by atoms with Gasteiger partial charge >= 0.3 is 6.09 Å². The van der Waals surface area contributed by atoms with Gasteiger partial charge in [0.25, 0.3) is 5.91 Å². The van der Waals surface area contributed by atoms with Crippen LogP contribution in [0.4, 0.5) is 14.9 Å². The largest absolute Gasteiger partial charge is 0.446 e. The normalized spacial score (nSPS) is 16.3. The van der Waals surface area contributed by atoms with Crippen molar-refractivity contribution in [2.75, 3.05) is 57.7 Å². The quantitative estimate of drug-likeness (QED) is 0.248. The molecule has 2 N–H and O–H groups in total. The Morgan fingerprint density at radius 3 is 2.21 bits per heavy atom. The number of amides is 3. The SMILES string of the molecule is CCN(CC)C(=O)C1CCN(Cc2ccc(C(=O)NCCN3CCC(OC(=O)Nc4ccccc4-c4ccccc4)CC3)c(F)c2)CC1. The lowest BCUT2D eigenvalue weighted by atomic mass is 9.95. The number of nitrogens with one attached hydrogen (secondary N) is 2. The lowest BCUT2D eigenvalue weighted by Crippen LogP contribution is -2.42. The smallest absolute Gasteiger partial charge is 0.411 e. The first-order valence-electron chi connectivity index (χ1n) is 17.3. The van der Waals surface area contributed by atoms with Gasteiger partial charge in [0.2, 0.25) is 5.91 Å². The number of para-hydroxylation sites is 1. The minimum Gasteiger partial charge on any atom is -0.446 e. The molecule has 5 rings (SSSR count). The summed E-state index contributed by atoms with van der Waals surface area (Å²) >= 11 is 0. The maximum atomic E-state index is 15.0. The number of rotatable bonds is 12. The fraction of sp³-hybridized carbons (Fsp3) is 0.447. The van der Waals surface area contributed by atoms with Crippen molar-refractivity contribution in [2.45, 2.75) is 52.2 Å². The molecular formula is C38H48FN5O4. The van der Waals surface area contributed by atoms with Crippen LogP contribution >= 0.6 is 0 Å². The first-order chi connectivity index (χ1) is 23.3. The average molecular weight is 658 g/mol. The van der Waals surface area contributed by atoms with E-state index in [0.29, 0.717) is 38.2 Å². The van der Waals surface area contributed by atoms with Gasteiger partial charge in [0.1, 0.15) is 11.9 Å². The van der Waals surface area contributed by atoms with Crippen molar-refractivity contribution in [1.29, 1.82) is 0 Å². The van der Waals surface area contributed by atoms with Gasteiger partial charge in [-0.2, -0.15) is 0 Å². The van der Waals surface area contributed by atoms with Crippen molar-refractivity contribution in [3.63, 3.8) is 0 Å². The highest BCUT2D eigenvalue weighted by atomic mass is 19.1. The maximum Gasteiger partial charge on any atom is 0.411 e. The van der Waals surface area contributed by atoms with Gasteiger partial charge in [-0.1, -0.05) is 54.6 Å². The molecule has 9 nitrogen and oxygen atoms in total. The predicted octanol–water partition coefficient (Wildman–Crippen LogP) is 6.02. The Morgan fingerprint density at radius 1 is 0.854 bits per heavy atom. The van der Waals surface area contributed by atoms with Crippen LogP contribution in [0.3, 0.4) is 0 Å². The molecule has 48 heavy (non-hydrogen) atoms. The second-order valence-electron chi connectivity index (χ2n) is 12.6. The standard InChI is InChI=1S/C38H48FN5O4/c1-3-44(4-2)37(46)30-16-21-43(22-17-30)27-28-14-15-33(34(39)26-28)36(45)40-20-25-42-23-18-31(19-24-42)48-38(47)41-35-13-9-8-12-32(35)29-10-6-5-7-11-29/h5-15,26,30-31H,3-4,16-25,27H2,1-2H3,(H,40,45)(H,41,47). The minimum atomic E-state index is -0.528. The zero-order valence-corrected chi connectivity index (χ0v) is 28.1. The molecule has 3 amide bonds. The van der Waals surface area contributed by atoms with Crippen LogP contribution < -0.4 is 10.6 Å². The molecule has 0 unspecified atom stereocenters. The fourth-order valence-corrected chi connectivity index (χ4v) is 6.66. The van der Waals surface area contributed by atoms with Gasteiger partial charge in [-0.3, -0.25) is 19.8 Å². The number of hydrogen-bond acceptors (Lipinski definition) is 6. The highest BCUT2D eigenvalue weighted by molar-refractivity contribution is 5.94. The summed E-state index contributed by atoms with van der Waals surface area (Å²) in [6.45, 7) is 10.1. The summed E-state index contributed by atoms with van der Waals surface area (Å²) in [4.78, 5) is 44.5. The zero-order chi connectivity index (χ0) is 33.9. The van der Waals surface area contributed by atoms with Crippen molar-refractivity contribution in [3.05, 3.63) is 89.7 Å². The summed E-state index contributed by atoms with van der Waals surface area (Å²) in [5.41, 5.74) is 3.50. The van der Waals surface area contributed by atoms with E-state index in [2.05, 4.69) is 20.4 Å². The Labute approximate surface area is 283 Å². The molecule has 0 spiro atoms. The van der Waals surface area contributed by atoms with Gasteiger partial charge in [0, 0.05) is 57.3 Å². The van der Waals surface area contributed by atoms with E-state index in [0.717, 1.165) is 68.8 Å². The Balaban J connectivity index is 0.998. The van der Waals surface area contributed by atoms with E-state index in [1.807, 2.05) is 79.4 Å². The average Bonchev–Trinajstić information content (AvgIpc) is 3.10. The molecule has 10 heteroatoms. The van der Waals surface area contributed by atoms with E-state index >= 15 is 0 Å². The summed E-state index contributed by atoms with van der Waals surface area (Å²) in [6, 6.07) is 22.4. The predicted molar refractivity (Wildman–Crippen MR) is 186 cm³/mol. The lowest BCUT2D eigenvalue weighted by molar-refractivity contribution is -0.136. The van der Waals surface area contributed by atoms with E-state index in [-0.39, 0.29) is 23.5 Å². The molecule has 2 saturated heterocycles. The molecule has 2 fully saturated rings. The van der Waals surface area contributed by atoms with Crippen molar-refractivity contribution in [2.24, 2.45) is 5.92 Å². The van der Waals surface area contributed by atoms with E-state index in [4.69, 9.17) is 4.74 Å². The maximum absolute atomic E-state index is 15.0. The number of anilines is 1. The van der Waals surface area contributed by atoms with Crippen LogP contribution in [0.15, 0.2) is 72.8 Å². The Bertz CT molecular complexity index is 1520. The van der Waals surface area contributed by atoms with Gasteiger partial charge in [0.05, 0.1) is 11.3 Å². The number of piperidine rings is 2. The molecule has 2 aliphatic rings. The van der Waals surface area contributed by atoms with Crippen LogP contribution in [0.2, 0.25) is 0 Å². The molecular weight excluding hydrogens is 609 g/mol. The molecule has 0 bridgehead atoms. The third-order valence-electron chi connectivity index (χ3n) is 9.47. The zero-order valence-electron chi connectivity index (χ0n) is 28.1. The third kappa shape index (κ3) is 9.41. The van der Waals surface area contributed by atoms with Gasteiger partial charge in [-0.05, 0) is 81.9 Å². The van der Waals surface area contributed by atoms with E-state index in [1.54, 1.807) is 6.07 Å². The third-order valence-corrected chi connectivity index (χ3v) is 9.47. The monoisotopic (exact) mass is 657 g/mol. The van der Waals surface area contributed by atoms with Gasteiger partial charge in [-0.25, -0.2) is 9.18 Å². The van der Waals surface area contributed by atoms with Crippen LogP contribution in [0.25, 0.3) is 11.1 Å². The second kappa shape index (κ2) is 17.2. The first-order valence-corrected chi connectivity index (χ1v) is 17.3. The molecule has 0 atom stereocenters. The summed E-state index contributed by atoms with van der Waals surface area (Å²) < 4.78 is 20.7. The molecule has 2 aliphatic heterocycles. The van der Waals surface area contributed by atoms with Crippen molar-refractivity contribution in [1.82, 2.24) is 20.0 Å². The molecule has 0 saturated carbocycles. The van der Waals surface area contributed by atoms with E-state index in [1.165, 1.54) is 6.07 Å². The van der Waals surface area contributed by atoms with Crippen LogP contribution in [0, 0.1) is 11.7 Å². The van der Waals surface area contributed by atoms with Crippen molar-refractivity contribution < 1.29 is 23.5 Å². The van der Waals surface area contributed by atoms with Crippen LogP contribution in [-0.4, -0.2) is 91.1 Å². The van der Waals surface area contributed by atoms with Crippen LogP contribution in [0.5, 0.6) is 0 Å². The van der Waals surface area contributed by atoms with Crippen LogP contribution in [0.1, 0.15) is 55.5 Å². The number of likely N-dealkylation sites (tertiary alicyclic amines) is 2. The summed E-state index contributed by atoms with van der Waals surface area (Å²) in [5.74, 6) is -0.662. The number of nitrogens with zero attached hydrogens (tertiary/aromatic N) is 3. The van der Waals surface area contributed by atoms with Gasteiger partial charge in [-0.15, -0.1) is 0 Å². The molecule has 256 valence electrons. The Morgan fingerprint density at radius 2 is 1.52 bits per heavy atom. The Kier molecular flexibility index (Phi) is 12.6. The molecule has 3 aromatic carbocycles. The minimum absolute atomic E-state index is 0.0363. The number of benzene rings is 3. The molecule has 3 aromatic rings. The second-order valence-corrected chi connectivity index (χ2v) is 12.6. The summed E-state index contributed by atoms with van der Waals surface area (Å²) in [6.07, 6.45) is 2.35. The molecule has 2 heterocycles. The number of carbonyl (C=O) groups excluding carboxylic acids is 3. The van der Waals surface area contributed by atoms with E-state index in [9.17, 15) is 18.8 Å². The number of hydrogen-bond donors (Lipinski definition) is 2. The van der Waals surface area contributed by atoms with E-state index < -0.39 is 17.8 Å². The van der Waals surface area contributed by atoms with Gasteiger partial charge < -0.3 is 19.9 Å². The van der Waals surface area contributed by atoms with Crippen molar-refractivity contribution in [3.8, 4) is 11.1 Å². The van der Waals surface area contributed by atoms with Crippen molar-refractivity contribution >= 4 is 23.6 Å². The molecule has 0 aromatic heterocycles. The number of halogens is 1.